The molecule has 3 aromatic rings. The van der Waals surface area contributed by atoms with E-state index in [9.17, 15) is 4.79 Å². The van der Waals surface area contributed by atoms with Crippen molar-refractivity contribution in [3.05, 3.63) is 57.6 Å². The predicted octanol–water partition coefficient (Wildman–Crippen LogP) is 6.09. The number of benzene rings is 2. The Bertz CT molecular complexity index is 987. The lowest BCUT2D eigenvalue weighted by Crippen LogP contribution is -2.38. The van der Waals surface area contributed by atoms with Gasteiger partial charge in [0, 0.05) is 23.1 Å². The lowest BCUT2D eigenvalue weighted by atomic mass is 10.1. The molecule has 0 aliphatic heterocycles. The summed E-state index contributed by atoms with van der Waals surface area (Å²) in [5, 5.41) is 0.753. The molecule has 0 fully saturated rings. The van der Waals surface area contributed by atoms with Crippen LogP contribution in [-0.2, 0) is 0 Å². The minimum absolute atomic E-state index is 0. The smallest absolute Gasteiger partial charge is 0.260 e. The SMILES string of the molecule is CCN(CC)CCN(C(=O)c1ccc(C)c(C)c1)c1nc2ccc(Br)cc2s1.Cl. The molecule has 156 valence electrons. The second-order valence-corrected chi connectivity index (χ2v) is 8.82. The predicted molar refractivity (Wildman–Crippen MR) is 130 cm³/mol. The zero-order chi connectivity index (χ0) is 20.3. The number of rotatable bonds is 7. The van der Waals surface area contributed by atoms with E-state index in [0.717, 1.165) is 45.0 Å². The number of thiazole rings is 1. The maximum atomic E-state index is 13.4. The monoisotopic (exact) mass is 495 g/mol. The van der Waals surface area contributed by atoms with Crippen molar-refractivity contribution in [2.24, 2.45) is 0 Å². The van der Waals surface area contributed by atoms with Crippen LogP contribution in [0.1, 0.15) is 35.3 Å². The van der Waals surface area contributed by atoms with E-state index in [0.29, 0.717) is 12.1 Å². The third-order valence-electron chi connectivity index (χ3n) is 5.10. The minimum Gasteiger partial charge on any atom is -0.302 e. The van der Waals surface area contributed by atoms with Crippen molar-refractivity contribution >= 4 is 60.9 Å². The van der Waals surface area contributed by atoms with Gasteiger partial charge in [-0.15, -0.1) is 12.4 Å². The highest BCUT2D eigenvalue weighted by Crippen LogP contribution is 2.31. The standard InChI is InChI=1S/C22H26BrN3OS.ClH/c1-5-25(6-2)11-12-26(21(27)17-8-7-15(3)16(4)13-17)22-24-19-10-9-18(23)14-20(19)28-22;/h7-10,13-14H,5-6,11-12H2,1-4H3;1H. The Morgan fingerprint density at radius 1 is 1.03 bits per heavy atom. The zero-order valence-corrected chi connectivity index (χ0v) is 20.5. The van der Waals surface area contributed by atoms with Gasteiger partial charge in [-0.1, -0.05) is 47.2 Å². The second-order valence-electron chi connectivity index (χ2n) is 6.89. The quantitative estimate of drug-likeness (QED) is 0.397. The van der Waals surface area contributed by atoms with Crippen LogP contribution in [0.15, 0.2) is 40.9 Å². The van der Waals surface area contributed by atoms with Crippen LogP contribution in [0.3, 0.4) is 0 Å². The molecule has 4 nitrogen and oxygen atoms in total. The van der Waals surface area contributed by atoms with E-state index in [-0.39, 0.29) is 18.3 Å². The average molecular weight is 497 g/mol. The van der Waals surface area contributed by atoms with Crippen LogP contribution in [0, 0.1) is 13.8 Å². The van der Waals surface area contributed by atoms with Crippen molar-refractivity contribution in [3.8, 4) is 0 Å². The topological polar surface area (TPSA) is 36.4 Å². The summed E-state index contributed by atoms with van der Waals surface area (Å²) in [5.74, 6) is 0.00776. The molecule has 0 spiro atoms. The Balaban J connectivity index is 0.00000300. The molecule has 0 unspecified atom stereocenters. The van der Waals surface area contributed by atoms with Gasteiger partial charge >= 0.3 is 0 Å². The van der Waals surface area contributed by atoms with Gasteiger partial charge in [0.1, 0.15) is 0 Å². The summed E-state index contributed by atoms with van der Waals surface area (Å²) in [6, 6.07) is 11.9. The number of nitrogens with zero attached hydrogens (tertiary/aromatic N) is 3. The van der Waals surface area contributed by atoms with Crippen molar-refractivity contribution in [2.45, 2.75) is 27.7 Å². The van der Waals surface area contributed by atoms with Crippen LogP contribution in [0.25, 0.3) is 10.2 Å². The highest BCUT2D eigenvalue weighted by molar-refractivity contribution is 9.10. The van der Waals surface area contributed by atoms with Gasteiger partial charge in [0.2, 0.25) is 0 Å². The number of anilines is 1. The summed E-state index contributed by atoms with van der Waals surface area (Å²) in [5.41, 5.74) is 3.95. The van der Waals surface area contributed by atoms with E-state index in [2.05, 4.69) is 47.7 Å². The molecule has 1 aromatic heterocycles. The molecule has 29 heavy (non-hydrogen) atoms. The zero-order valence-electron chi connectivity index (χ0n) is 17.2. The molecule has 0 bridgehead atoms. The highest BCUT2D eigenvalue weighted by atomic mass is 79.9. The average Bonchev–Trinajstić information content (AvgIpc) is 3.09. The number of aryl methyl sites for hydroxylation is 2. The van der Waals surface area contributed by atoms with Crippen molar-refractivity contribution in [1.82, 2.24) is 9.88 Å². The molecule has 0 radical (unpaired) electrons. The summed E-state index contributed by atoms with van der Waals surface area (Å²) in [4.78, 5) is 22.3. The first-order chi connectivity index (χ1) is 13.4. The summed E-state index contributed by atoms with van der Waals surface area (Å²) >= 11 is 5.08. The fourth-order valence-corrected chi connectivity index (χ4v) is 4.64. The minimum atomic E-state index is 0. The summed E-state index contributed by atoms with van der Waals surface area (Å²) < 4.78 is 2.09. The maximum absolute atomic E-state index is 13.4. The first kappa shape index (κ1) is 23.8. The van der Waals surface area contributed by atoms with E-state index in [1.54, 1.807) is 11.3 Å². The molecule has 2 aromatic carbocycles. The molecule has 1 heterocycles. The maximum Gasteiger partial charge on any atom is 0.260 e. The number of halogens is 2. The van der Waals surface area contributed by atoms with E-state index in [1.807, 2.05) is 42.2 Å². The fraction of sp³-hybridized carbons (Fsp3) is 0.364. The Labute approximate surface area is 191 Å². The normalized spacial score (nSPS) is 11.0. The molecule has 3 rings (SSSR count). The second kappa shape index (κ2) is 10.5. The van der Waals surface area contributed by atoms with Gasteiger partial charge in [0.15, 0.2) is 5.13 Å². The molecule has 0 N–H and O–H groups in total. The van der Waals surface area contributed by atoms with Crippen LogP contribution in [0.5, 0.6) is 0 Å². The summed E-state index contributed by atoms with van der Waals surface area (Å²) in [7, 11) is 0. The van der Waals surface area contributed by atoms with Gasteiger partial charge in [-0.2, -0.15) is 0 Å². The van der Waals surface area contributed by atoms with Crippen LogP contribution < -0.4 is 4.90 Å². The number of carbonyl (C=O) groups is 1. The first-order valence-corrected chi connectivity index (χ1v) is 11.2. The van der Waals surface area contributed by atoms with Gasteiger partial charge in [0.25, 0.3) is 5.91 Å². The highest BCUT2D eigenvalue weighted by Gasteiger charge is 2.22. The summed E-state index contributed by atoms with van der Waals surface area (Å²) in [6.45, 7) is 11.8. The van der Waals surface area contributed by atoms with Gasteiger partial charge in [-0.05, 0) is 68.4 Å². The number of likely N-dealkylation sites (N-methyl/N-ethyl adjacent to an activating group) is 1. The van der Waals surface area contributed by atoms with Gasteiger partial charge in [-0.25, -0.2) is 4.98 Å². The Morgan fingerprint density at radius 2 is 1.76 bits per heavy atom. The molecule has 0 aliphatic rings. The number of amides is 1. The number of aromatic nitrogens is 1. The number of hydrogen-bond acceptors (Lipinski definition) is 4. The number of carbonyl (C=O) groups excluding carboxylic acids is 1. The van der Waals surface area contributed by atoms with Crippen molar-refractivity contribution in [1.29, 1.82) is 0 Å². The lowest BCUT2D eigenvalue weighted by Gasteiger charge is -2.25. The first-order valence-electron chi connectivity index (χ1n) is 9.60. The number of fused-ring (bicyclic) bond motifs is 1. The third-order valence-corrected chi connectivity index (χ3v) is 6.64. The number of hydrogen-bond donors (Lipinski definition) is 0. The molecule has 0 aliphatic carbocycles. The summed E-state index contributed by atoms with van der Waals surface area (Å²) in [6.07, 6.45) is 0. The van der Waals surface area contributed by atoms with Crippen molar-refractivity contribution < 1.29 is 4.79 Å². The molecular weight excluding hydrogens is 470 g/mol. The molecule has 1 amide bonds. The molecule has 0 saturated heterocycles. The molecular formula is C22H27BrClN3OS. The van der Waals surface area contributed by atoms with Crippen molar-refractivity contribution in [3.63, 3.8) is 0 Å². The Kier molecular flexibility index (Phi) is 8.64. The van der Waals surface area contributed by atoms with E-state index in [1.165, 1.54) is 5.56 Å². The van der Waals surface area contributed by atoms with Gasteiger partial charge in [-0.3, -0.25) is 9.69 Å². The Morgan fingerprint density at radius 3 is 2.41 bits per heavy atom. The van der Waals surface area contributed by atoms with Crippen LogP contribution >= 0.6 is 39.7 Å². The van der Waals surface area contributed by atoms with Gasteiger partial charge in [0.05, 0.1) is 10.2 Å². The van der Waals surface area contributed by atoms with E-state index < -0.39 is 0 Å². The van der Waals surface area contributed by atoms with Crippen LogP contribution in [-0.4, -0.2) is 42.0 Å². The Hall–Kier alpha value is -1.47. The lowest BCUT2D eigenvalue weighted by molar-refractivity contribution is 0.0983. The molecule has 0 atom stereocenters. The van der Waals surface area contributed by atoms with Crippen molar-refractivity contribution in [2.75, 3.05) is 31.1 Å². The molecule has 7 heteroatoms. The van der Waals surface area contributed by atoms with E-state index in [4.69, 9.17) is 4.98 Å². The largest absolute Gasteiger partial charge is 0.302 e. The van der Waals surface area contributed by atoms with Crippen LogP contribution in [0.2, 0.25) is 0 Å². The van der Waals surface area contributed by atoms with E-state index >= 15 is 0 Å². The fourth-order valence-electron chi connectivity index (χ4n) is 3.10. The van der Waals surface area contributed by atoms with Crippen LogP contribution in [0.4, 0.5) is 5.13 Å². The third kappa shape index (κ3) is 5.57. The van der Waals surface area contributed by atoms with Gasteiger partial charge < -0.3 is 4.90 Å². The molecule has 0 saturated carbocycles.